The van der Waals surface area contributed by atoms with Crippen molar-refractivity contribution in [2.75, 3.05) is 26.2 Å². The molecule has 0 bridgehead atoms. The van der Waals surface area contributed by atoms with Gasteiger partial charge in [0, 0.05) is 6.54 Å². The minimum absolute atomic E-state index is 0.540. The molecule has 0 radical (unpaired) electrons. The van der Waals surface area contributed by atoms with Crippen LogP contribution in [0.2, 0.25) is 0 Å². The van der Waals surface area contributed by atoms with Gasteiger partial charge in [0.1, 0.15) is 0 Å². The van der Waals surface area contributed by atoms with Crippen molar-refractivity contribution in [3.05, 3.63) is 0 Å². The van der Waals surface area contributed by atoms with Crippen molar-refractivity contribution in [2.45, 2.75) is 38.7 Å². The van der Waals surface area contributed by atoms with E-state index in [1.54, 1.807) is 0 Å². The number of aliphatic hydroxyl groups is 1. The lowest BCUT2D eigenvalue weighted by Gasteiger charge is -2.26. The molecule has 1 rings (SSSR count). The highest BCUT2D eigenvalue weighted by Crippen LogP contribution is 2.10. The summed E-state index contributed by atoms with van der Waals surface area (Å²) < 4.78 is 0. The van der Waals surface area contributed by atoms with E-state index in [2.05, 4.69) is 10.6 Å². The number of piperidine rings is 1. The van der Waals surface area contributed by atoms with Gasteiger partial charge in [-0.1, -0.05) is 6.92 Å². The molecular formula is C11H24N2O. The van der Waals surface area contributed by atoms with Gasteiger partial charge >= 0.3 is 0 Å². The Morgan fingerprint density at radius 3 is 2.93 bits per heavy atom. The summed E-state index contributed by atoms with van der Waals surface area (Å²) in [6.07, 6.45) is 3.41. The van der Waals surface area contributed by atoms with Gasteiger partial charge in [-0.3, -0.25) is 0 Å². The van der Waals surface area contributed by atoms with Gasteiger partial charge in [0.25, 0.3) is 0 Å². The molecule has 1 aliphatic heterocycles. The molecule has 0 spiro atoms. The molecule has 0 amide bonds. The van der Waals surface area contributed by atoms with Crippen molar-refractivity contribution in [3.8, 4) is 0 Å². The Balaban J connectivity index is 2.08. The summed E-state index contributed by atoms with van der Waals surface area (Å²) in [5, 5.41) is 16.5. The predicted molar refractivity (Wildman–Crippen MR) is 59.4 cm³/mol. The zero-order valence-electron chi connectivity index (χ0n) is 9.47. The summed E-state index contributed by atoms with van der Waals surface area (Å²) in [6, 6.07) is 0. The van der Waals surface area contributed by atoms with Gasteiger partial charge in [0.05, 0.1) is 5.60 Å². The van der Waals surface area contributed by atoms with Gasteiger partial charge in [0.15, 0.2) is 0 Å². The van der Waals surface area contributed by atoms with E-state index in [9.17, 15) is 5.11 Å². The molecule has 3 heteroatoms. The highest BCUT2D eigenvalue weighted by atomic mass is 16.3. The largest absolute Gasteiger partial charge is 0.389 e. The van der Waals surface area contributed by atoms with Crippen molar-refractivity contribution >= 4 is 0 Å². The monoisotopic (exact) mass is 200 g/mol. The minimum Gasteiger partial charge on any atom is -0.389 e. The molecule has 1 saturated heterocycles. The zero-order valence-corrected chi connectivity index (χ0v) is 9.47. The average Bonchev–Trinajstić information content (AvgIpc) is 2.19. The molecule has 1 heterocycles. The summed E-state index contributed by atoms with van der Waals surface area (Å²) in [5.74, 6) is 0.747. The SMILES string of the molecule is CCC(C)(O)CNCC1CCCNC1. The molecule has 0 aliphatic carbocycles. The van der Waals surface area contributed by atoms with E-state index in [-0.39, 0.29) is 0 Å². The second-order valence-electron chi connectivity index (χ2n) is 4.69. The van der Waals surface area contributed by atoms with Crippen LogP contribution in [0.5, 0.6) is 0 Å². The molecule has 84 valence electrons. The van der Waals surface area contributed by atoms with Crippen molar-refractivity contribution in [1.82, 2.24) is 10.6 Å². The van der Waals surface area contributed by atoms with Crippen molar-refractivity contribution in [1.29, 1.82) is 0 Å². The van der Waals surface area contributed by atoms with Crippen LogP contribution in [0, 0.1) is 5.92 Å². The first-order valence-corrected chi connectivity index (χ1v) is 5.78. The van der Waals surface area contributed by atoms with Gasteiger partial charge in [-0.25, -0.2) is 0 Å². The minimum atomic E-state index is -0.540. The van der Waals surface area contributed by atoms with E-state index in [0.29, 0.717) is 6.54 Å². The molecule has 2 unspecified atom stereocenters. The summed E-state index contributed by atoms with van der Waals surface area (Å²) in [4.78, 5) is 0. The quantitative estimate of drug-likeness (QED) is 0.613. The van der Waals surface area contributed by atoms with Crippen LogP contribution < -0.4 is 10.6 Å². The third-order valence-corrected chi connectivity index (χ3v) is 3.10. The van der Waals surface area contributed by atoms with Crippen molar-refractivity contribution in [2.24, 2.45) is 5.92 Å². The van der Waals surface area contributed by atoms with Crippen LogP contribution in [0.3, 0.4) is 0 Å². The van der Waals surface area contributed by atoms with E-state index in [4.69, 9.17) is 0 Å². The van der Waals surface area contributed by atoms with E-state index < -0.39 is 5.60 Å². The molecule has 1 aliphatic rings. The number of nitrogens with one attached hydrogen (secondary N) is 2. The fourth-order valence-electron chi connectivity index (χ4n) is 1.77. The highest BCUT2D eigenvalue weighted by Gasteiger charge is 2.18. The van der Waals surface area contributed by atoms with E-state index in [0.717, 1.165) is 25.4 Å². The fraction of sp³-hybridized carbons (Fsp3) is 1.00. The van der Waals surface area contributed by atoms with Crippen LogP contribution in [0.15, 0.2) is 0 Å². The molecule has 0 saturated carbocycles. The number of hydrogen-bond donors (Lipinski definition) is 3. The van der Waals surface area contributed by atoms with Crippen LogP contribution in [0.1, 0.15) is 33.1 Å². The second-order valence-corrected chi connectivity index (χ2v) is 4.69. The predicted octanol–water partition coefficient (Wildman–Crippen LogP) is 0.737. The molecule has 3 nitrogen and oxygen atoms in total. The Bertz CT molecular complexity index is 153. The first kappa shape index (κ1) is 12.0. The lowest BCUT2D eigenvalue weighted by atomic mass is 9.98. The summed E-state index contributed by atoms with van der Waals surface area (Å²) >= 11 is 0. The number of rotatable bonds is 5. The molecular weight excluding hydrogens is 176 g/mol. The van der Waals surface area contributed by atoms with Gasteiger partial charge < -0.3 is 15.7 Å². The Morgan fingerprint density at radius 1 is 1.57 bits per heavy atom. The standard InChI is InChI=1S/C11H24N2O/c1-3-11(2,14)9-13-8-10-5-4-6-12-7-10/h10,12-14H,3-9H2,1-2H3. The van der Waals surface area contributed by atoms with Crippen LogP contribution in [0.25, 0.3) is 0 Å². The van der Waals surface area contributed by atoms with E-state index in [1.165, 1.54) is 19.4 Å². The zero-order chi connectivity index (χ0) is 10.4. The van der Waals surface area contributed by atoms with Gasteiger partial charge in [-0.05, 0) is 51.7 Å². The van der Waals surface area contributed by atoms with Crippen molar-refractivity contribution < 1.29 is 5.11 Å². The van der Waals surface area contributed by atoms with Crippen molar-refractivity contribution in [3.63, 3.8) is 0 Å². The average molecular weight is 200 g/mol. The molecule has 0 aromatic carbocycles. The topological polar surface area (TPSA) is 44.3 Å². The lowest BCUT2D eigenvalue weighted by molar-refractivity contribution is 0.0546. The molecule has 14 heavy (non-hydrogen) atoms. The van der Waals surface area contributed by atoms with E-state index >= 15 is 0 Å². The third kappa shape index (κ3) is 4.40. The summed E-state index contributed by atoms with van der Waals surface area (Å²) in [5.41, 5.74) is -0.540. The Kier molecular flexibility index (Phi) is 4.85. The normalized spacial score (nSPS) is 27.2. The Labute approximate surface area is 87.3 Å². The highest BCUT2D eigenvalue weighted by molar-refractivity contribution is 4.76. The fourth-order valence-corrected chi connectivity index (χ4v) is 1.77. The molecule has 2 atom stereocenters. The molecule has 1 fully saturated rings. The maximum Gasteiger partial charge on any atom is 0.0740 e. The molecule has 0 aromatic heterocycles. The van der Waals surface area contributed by atoms with E-state index in [1.807, 2.05) is 13.8 Å². The van der Waals surface area contributed by atoms with Crippen LogP contribution >= 0.6 is 0 Å². The van der Waals surface area contributed by atoms with Crippen LogP contribution in [-0.4, -0.2) is 36.9 Å². The number of hydrogen-bond acceptors (Lipinski definition) is 3. The summed E-state index contributed by atoms with van der Waals surface area (Å²) in [6.45, 7) is 7.94. The summed E-state index contributed by atoms with van der Waals surface area (Å²) in [7, 11) is 0. The van der Waals surface area contributed by atoms with Crippen LogP contribution in [0.4, 0.5) is 0 Å². The Morgan fingerprint density at radius 2 is 2.36 bits per heavy atom. The lowest BCUT2D eigenvalue weighted by Crippen LogP contribution is -2.42. The second kappa shape index (κ2) is 5.69. The molecule has 0 aromatic rings. The smallest absolute Gasteiger partial charge is 0.0740 e. The maximum atomic E-state index is 9.77. The van der Waals surface area contributed by atoms with Gasteiger partial charge in [-0.2, -0.15) is 0 Å². The van der Waals surface area contributed by atoms with Crippen LogP contribution in [-0.2, 0) is 0 Å². The third-order valence-electron chi connectivity index (χ3n) is 3.10. The molecule has 3 N–H and O–H groups in total. The van der Waals surface area contributed by atoms with Gasteiger partial charge in [0.2, 0.25) is 0 Å². The Hall–Kier alpha value is -0.120. The maximum absolute atomic E-state index is 9.77. The van der Waals surface area contributed by atoms with Gasteiger partial charge in [-0.15, -0.1) is 0 Å². The first-order valence-electron chi connectivity index (χ1n) is 5.78. The first-order chi connectivity index (χ1) is 6.64.